The summed E-state index contributed by atoms with van der Waals surface area (Å²) in [7, 11) is 0.243. The van der Waals surface area contributed by atoms with E-state index < -0.39 is 0 Å². The van der Waals surface area contributed by atoms with Crippen molar-refractivity contribution in [3.05, 3.63) is 142 Å². The number of aryl methyl sites for hydroxylation is 8. The van der Waals surface area contributed by atoms with Crippen molar-refractivity contribution >= 4 is 96.0 Å². The first-order chi connectivity index (χ1) is 38.7. The first kappa shape index (κ1) is 81.4. The van der Waals surface area contributed by atoms with Crippen LogP contribution in [0.25, 0.3) is 43.1 Å². The van der Waals surface area contributed by atoms with E-state index in [1.54, 1.807) is 21.2 Å². The molecular weight excluding hydrogens is 1290 g/mol. The molecule has 0 aromatic heterocycles. The molecule has 84 heavy (non-hydrogen) atoms. The van der Waals surface area contributed by atoms with Gasteiger partial charge in [-0.3, -0.25) is 0 Å². The predicted molar refractivity (Wildman–Crippen MR) is 380 cm³/mol. The zero-order valence-corrected chi connectivity index (χ0v) is 65.8. The van der Waals surface area contributed by atoms with Crippen LogP contribution in [0.5, 0.6) is 0 Å². The van der Waals surface area contributed by atoms with E-state index in [2.05, 4.69) is 208 Å². The second kappa shape index (κ2) is 44.0. The van der Waals surface area contributed by atoms with Crippen molar-refractivity contribution in [2.75, 3.05) is 49.3 Å². The maximum atomic E-state index is 2.49. The number of hydrogen-bond acceptors (Lipinski definition) is 0. The summed E-state index contributed by atoms with van der Waals surface area (Å²) >= 11 is 0. The Balaban J connectivity index is 0.000000551. The van der Waals surface area contributed by atoms with Gasteiger partial charge in [-0.15, -0.1) is 135 Å². The van der Waals surface area contributed by atoms with Gasteiger partial charge in [-0.25, -0.2) is 0 Å². The van der Waals surface area contributed by atoms with Gasteiger partial charge in [0, 0.05) is 0 Å². The maximum Gasteiger partial charge on any atom is 2.00 e. The molecule has 0 aliphatic rings. The SMILES string of the molecule is CCCCP(CCCC)c1cc2c(C)ccc(C)c2[cH-]1.CCCCP(CCCC)c1cc2c(C)ccc(C)c2[cH-]1.CCCCP(CCCC)c1cc2c(C)ccc(C)c2[cH-]1.CCCCP(CCCC)c1cc2c(C)ccc(C)c2[cH-]1.[Cl-].[Cl-].[Zr+2].[Zr+2]. The van der Waals surface area contributed by atoms with Gasteiger partial charge in [0.2, 0.25) is 0 Å². The van der Waals surface area contributed by atoms with Crippen LogP contribution in [0.2, 0.25) is 0 Å². The molecule has 0 radical (unpaired) electrons. The van der Waals surface area contributed by atoms with Crippen LogP contribution >= 0.6 is 31.7 Å². The molecule has 0 aliphatic carbocycles. The molecule has 0 nitrogen and oxygen atoms in total. The van der Waals surface area contributed by atoms with Crippen molar-refractivity contribution in [1.82, 2.24) is 0 Å². The van der Waals surface area contributed by atoms with E-state index in [1.165, 1.54) is 240 Å². The van der Waals surface area contributed by atoms with E-state index in [1.807, 2.05) is 0 Å². The number of fused-ring (bicyclic) bond motifs is 4. The molecule has 0 atom stereocenters. The van der Waals surface area contributed by atoms with Crippen molar-refractivity contribution in [3.8, 4) is 0 Å². The van der Waals surface area contributed by atoms with Crippen LogP contribution in [-0.4, -0.2) is 49.3 Å². The van der Waals surface area contributed by atoms with Crippen LogP contribution in [0.15, 0.2) is 97.1 Å². The Kier molecular flexibility index (Phi) is 42.6. The molecule has 0 saturated carbocycles. The van der Waals surface area contributed by atoms with Gasteiger partial charge in [0.1, 0.15) is 0 Å². The molecule has 8 heteroatoms. The van der Waals surface area contributed by atoms with Crippen molar-refractivity contribution in [2.24, 2.45) is 0 Å². The van der Waals surface area contributed by atoms with Crippen LogP contribution in [0.1, 0.15) is 203 Å². The number of unbranched alkanes of at least 4 members (excludes halogenated alkanes) is 8. The smallest absolute Gasteiger partial charge is 1.00 e. The molecule has 8 aromatic carbocycles. The van der Waals surface area contributed by atoms with Gasteiger partial charge < -0.3 is 24.8 Å². The molecule has 0 N–H and O–H groups in total. The van der Waals surface area contributed by atoms with Crippen LogP contribution in [-0.2, 0) is 52.4 Å². The van der Waals surface area contributed by atoms with Gasteiger partial charge in [0.15, 0.2) is 0 Å². The molecule has 0 unspecified atom stereocenters. The van der Waals surface area contributed by atoms with Gasteiger partial charge in [-0.2, -0.15) is 24.3 Å². The average molecular weight is 1400 g/mol. The summed E-state index contributed by atoms with van der Waals surface area (Å²) in [5.74, 6) is 0. The van der Waals surface area contributed by atoms with Crippen LogP contribution in [0.4, 0.5) is 0 Å². The van der Waals surface area contributed by atoms with Crippen LogP contribution in [0.3, 0.4) is 0 Å². The molecular formula is C76H112Cl2P4Zr2-2. The van der Waals surface area contributed by atoms with Gasteiger partial charge in [-0.05, 0) is 128 Å². The first-order valence-electron chi connectivity index (χ1n) is 32.3. The monoisotopic (exact) mass is 1400 g/mol. The molecule has 0 saturated heterocycles. The molecule has 0 bridgehead atoms. The third-order valence-electron chi connectivity index (χ3n) is 16.9. The molecule has 460 valence electrons. The third-order valence-corrected chi connectivity index (χ3v) is 27.7. The Morgan fingerprint density at radius 3 is 0.524 bits per heavy atom. The topological polar surface area (TPSA) is 0 Å². The quantitative estimate of drug-likeness (QED) is 0.0339. The largest absolute Gasteiger partial charge is 2.00 e. The van der Waals surface area contributed by atoms with E-state index in [9.17, 15) is 0 Å². The van der Waals surface area contributed by atoms with Crippen molar-refractivity contribution in [2.45, 2.75) is 214 Å². The molecule has 8 aromatic rings. The van der Waals surface area contributed by atoms with Gasteiger partial charge in [0.25, 0.3) is 0 Å². The minimum Gasteiger partial charge on any atom is -1.00 e. The van der Waals surface area contributed by atoms with Crippen LogP contribution < -0.4 is 46.0 Å². The Morgan fingerprint density at radius 2 is 0.393 bits per heavy atom. The Morgan fingerprint density at radius 1 is 0.250 bits per heavy atom. The Hall–Kier alpha value is -0.614. The number of benzene rings is 4. The van der Waals surface area contributed by atoms with Crippen molar-refractivity contribution < 1.29 is 77.2 Å². The summed E-state index contributed by atoms with van der Waals surface area (Å²) in [6.07, 6.45) is 33.0. The summed E-state index contributed by atoms with van der Waals surface area (Å²) in [5.41, 5.74) is 11.4. The van der Waals surface area contributed by atoms with E-state index in [4.69, 9.17) is 0 Å². The molecule has 0 amide bonds. The third kappa shape index (κ3) is 24.2. The fourth-order valence-corrected chi connectivity index (χ4v) is 22.3. The van der Waals surface area contributed by atoms with Crippen LogP contribution in [0, 0.1) is 55.4 Å². The number of rotatable bonds is 28. The zero-order chi connectivity index (χ0) is 58.1. The Bertz CT molecular complexity index is 2450. The first-order valence-corrected chi connectivity index (χ1v) is 39.2. The van der Waals surface area contributed by atoms with Crippen molar-refractivity contribution in [1.29, 1.82) is 0 Å². The molecule has 0 aliphatic heterocycles. The number of halogens is 2. The number of hydrogen-bond donors (Lipinski definition) is 0. The fraction of sp³-hybridized carbons (Fsp3) is 0.526. The molecule has 8 rings (SSSR count). The van der Waals surface area contributed by atoms with Gasteiger partial charge >= 0.3 is 52.4 Å². The summed E-state index contributed by atoms with van der Waals surface area (Å²) in [6.45, 7) is 36.4. The molecule has 0 fully saturated rings. The van der Waals surface area contributed by atoms with E-state index in [0.29, 0.717) is 0 Å². The van der Waals surface area contributed by atoms with Gasteiger partial charge in [0.05, 0.1) is 0 Å². The van der Waals surface area contributed by atoms with Gasteiger partial charge in [-0.1, -0.05) is 213 Å². The van der Waals surface area contributed by atoms with E-state index in [0.717, 1.165) is 0 Å². The summed E-state index contributed by atoms with van der Waals surface area (Å²) in [5, 5.41) is 18.5. The standard InChI is InChI=1S/4C19H28P.2ClH.2Zr/c4*1-5-7-11-20(12-8-6-2)17-13-18-15(3)9-10-16(4)19(18)14-17;;;;/h4*9-10,13-14H,5-8,11-12H2,1-4H3;2*1H;;/q4*-1;;;2*+2/p-2. The maximum absolute atomic E-state index is 2.49. The molecule has 0 spiro atoms. The summed E-state index contributed by atoms with van der Waals surface area (Å²) in [6, 6.07) is 38.1. The zero-order valence-electron chi connectivity index (χ0n) is 55.8. The average Bonchev–Trinajstić information content (AvgIpc) is 4.52. The summed E-state index contributed by atoms with van der Waals surface area (Å²) < 4.78 is 0. The van der Waals surface area contributed by atoms with E-state index in [-0.39, 0.29) is 109 Å². The second-order valence-corrected chi connectivity index (χ2v) is 33.7. The predicted octanol–water partition coefficient (Wildman–Crippen LogP) is 17.5. The fourth-order valence-electron chi connectivity index (χ4n) is 11.3. The Labute approximate surface area is 572 Å². The van der Waals surface area contributed by atoms with Crippen molar-refractivity contribution in [3.63, 3.8) is 0 Å². The minimum atomic E-state index is 0. The second-order valence-electron chi connectivity index (χ2n) is 23.7. The van der Waals surface area contributed by atoms with E-state index >= 15 is 0 Å². The minimum absolute atomic E-state index is 0. The summed E-state index contributed by atoms with van der Waals surface area (Å²) in [4.78, 5) is 0. The molecule has 0 heterocycles. The normalized spacial score (nSPS) is 11.1.